The van der Waals surface area contributed by atoms with Crippen molar-refractivity contribution in [3.8, 4) is 0 Å². The van der Waals surface area contributed by atoms with Crippen molar-refractivity contribution in [2.45, 2.75) is 19.9 Å². The van der Waals surface area contributed by atoms with E-state index in [0.29, 0.717) is 0 Å². The number of carbonyl (C=O) groups is 1. The fraction of sp³-hybridized carbons (Fsp3) is 0.350. The molecule has 1 heterocycles. The van der Waals surface area contributed by atoms with Crippen LogP contribution in [0.25, 0.3) is 0 Å². The minimum absolute atomic E-state index is 0.00149. The predicted molar refractivity (Wildman–Crippen MR) is 98.1 cm³/mol. The van der Waals surface area contributed by atoms with Crippen molar-refractivity contribution in [2.75, 3.05) is 31.5 Å². The number of rotatable bonds is 3. The van der Waals surface area contributed by atoms with Gasteiger partial charge in [0.2, 0.25) is 0 Å². The molecule has 1 aliphatic heterocycles. The van der Waals surface area contributed by atoms with Crippen molar-refractivity contribution in [3.05, 3.63) is 65.7 Å². The van der Waals surface area contributed by atoms with Gasteiger partial charge < -0.3 is 10.2 Å². The Bertz CT molecular complexity index is 654. The maximum atomic E-state index is 12.4. The number of nitrogens with one attached hydrogen (secondary N) is 1. The Kier molecular flexibility index (Phi) is 5.49. The predicted octanol–water partition coefficient (Wildman–Crippen LogP) is 3.73. The van der Waals surface area contributed by atoms with Crippen LogP contribution in [0.1, 0.15) is 17.5 Å². The highest BCUT2D eigenvalue weighted by Gasteiger charge is 2.19. The first-order valence-corrected chi connectivity index (χ1v) is 8.59. The van der Waals surface area contributed by atoms with Gasteiger partial charge in [-0.2, -0.15) is 0 Å². The van der Waals surface area contributed by atoms with E-state index in [4.69, 9.17) is 0 Å². The summed E-state index contributed by atoms with van der Waals surface area (Å²) >= 11 is 0. The standard InChI is InChI=1S/C20H25N3O/c1-17-8-10-18(11-9-17)16-22-12-5-13-23(15-14-22)20(24)21-19-6-3-2-4-7-19/h2-4,6-11H,5,12-16H2,1H3,(H,21,24). The molecule has 1 fully saturated rings. The van der Waals surface area contributed by atoms with Crippen LogP contribution in [0.4, 0.5) is 10.5 Å². The summed E-state index contributed by atoms with van der Waals surface area (Å²) in [6.07, 6.45) is 1.01. The zero-order valence-corrected chi connectivity index (χ0v) is 14.2. The lowest BCUT2D eigenvalue weighted by atomic mass is 10.1. The van der Waals surface area contributed by atoms with Gasteiger partial charge in [0, 0.05) is 38.4 Å². The van der Waals surface area contributed by atoms with E-state index in [2.05, 4.69) is 41.4 Å². The van der Waals surface area contributed by atoms with Gasteiger partial charge in [0.1, 0.15) is 0 Å². The maximum Gasteiger partial charge on any atom is 0.321 e. The monoisotopic (exact) mass is 323 g/mol. The first-order chi connectivity index (χ1) is 11.7. The minimum atomic E-state index is -0.00149. The lowest BCUT2D eigenvalue weighted by Gasteiger charge is -2.22. The molecule has 3 rings (SSSR count). The molecule has 1 aliphatic rings. The maximum absolute atomic E-state index is 12.4. The van der Waals surface area contributed by atoms with Gasteiger partial charge in [-0.3, -0.25) is 4.90 Å². The molecule has 0 aliphatic carbocycles. The van der Waals surface area contributed by atoms with Gasteiger partial charge in [0.25, 0.3) is 0 Å². The van der Waals surface area contributed by atoms with Crippen LogP contribution in [0.5, 0.6) is 0 Å². The molecule has 0 spiro atoms. The summed E-state index contributed by atoms with van der Waals surface area (Å²) in [6.45, 7) is 6.58. The number of hydrogen-bond donors (Lipinski definition) is 1. The van der Waals surface area contributed by atoms with E-state index in [1.165, 1.54) is 11.1 Å². The molecule has 4 nitrogen and oxygen atoms in total. The van der Waals surface area contributed by atoms with Crippen LogP contribution in [0.15, 0.2) is 54.6 Å². The molecule has 1 saturated heterocycles. The molecule has 4 heteroatoms. The van der Waals surface area contributed by atoms with Gasteiger partial charge in [-0.1, -0.05) is 48.0 Å². The number of urea groups is 1. The fourth-order valence-electron chi connectivity index (χ4n) is 3.01. The van der Waals surface area contributed by atoms with Crippen LogP contribution in [0, 0.1) is 6.92 Å². The van der Waals surface area contributed by atoms with Gasteiger partial charge in [0.15, 0.2) is 0 Å². The number of anilines is 1. The van der Waals surface area contributed by atoms with Crippen LogP contribution >= 0.6 is 0 Å². The average Bonchev–Trinajstić information content (AvgIpc) is 2.83. The fourth-order valence-corrected chi connectivity index (χ4v) is 3.01. The molecule has 24 heavy (non-hydrogen) atoms. The van der Waals surface area contributed by atoms with E-state index in [9.17, 15) is 4.79 Å². The molecule has 0 aromatic heterocycles. The summed E-state index contributed by atoms with van der Waals surface area (Å²) in [6, 6.07) is 18.4. The van der Waals surface area contributed by atoms with Gasteiger partial charge in [-0.15, -0.1) is 0 Å². The van der Waals surface area contributed by atoms with E-state index in [1.54, 1.807) is 0 Å². The Labute approximate surface area is 144 Å². The first kappa shape index (κ1) is 16.5. The van der Waals surface area contributed by atoms with E-state index in [-0.39, 0.29) is 6.03 Å². The molecular formula is C20H25N3O. The third kappa shape index (κ3) is 4.59. The van der Waals surface area contributed by atoms with E-state index in [0.717, 1.165) is 44.8 Å². The SMILES string of the molecule is Cc1ccc(CN2CCCN(C(=O)Nc3ccccc3)CC2)cc1. The van der Waals surface area contributed by atoms with E-state index in [1.807, 2.05) is 35.2 Å². The van der Waals surface area contributed by atoms with Crippen LogP contribution in [0.2, 0.25) is 0 Å². The number of nitrogens with zero attached hydrogens (tertiary/aromatic N) is 2. The van der Waals surface area contributed by atoms with Gasteiger partial charge in [0.05, 0.1) is 0 Å². The summed E-state index contributed by atoms with van der Waals surface area (Å²) in [7, 11) is 0. The molecule has 126 valence electrons. The highest BCUT2D eigenvalue weighted by atomic mass is 16.2. The summed E-state index contributed by atoms with van der Waals surface area (Å²) < 4.78 is 0. The molecule has 2 amide bonds. The van der Waals surface area contributed by atoms with Gasteiger partial charge >= 0.3 is 6.03 Å². The number of aryl methyl sites for hydroxylation is 1. The quantitative estimate of drug-likeness (QED) is 0.934. The number of para-hydroxylation sites is 1. The molecule has 0 saturated carbocycles. The van der Waals surface area contributed by atoms with Crippen molar-refractivity contribution < 1.29 is 4.79 Å². The third-order valence-electron chi connectivity index (χ3n) is 4.43. The number of hydrogen-bond acceptors (Lipinski definition) is 2. The molecule has 1 N–H and O–H groups in total. The van der Waals surface area contributed by atoms with E-state index < -0.39 is 0 Å². The van der Waals surface area contributed by atoms with Crippen molar-refractivity contribution >= 4 is 11.7 Å². The molecule has 2 aromatic rings. The molecule has 0 atom stereocenters. The number of benzene rings is 2. The van der Waals surface area contributed by atoms with Gasteiger partial charge in [-0.05, 0) is 31.0 Å². The summed E-state index contributed by atoms with van der Waals surface area (Å²) in [5.41, 5.74) is 3.48. The van der Waals surface area contributed by atoms with Crippen LogP contribution in [0.3, 0.4) is 0 Å². The van der Waals surface area contributed by atoms with Crippen molar-refractivity contribution in [2.24, 2.45) is 0 Å². The largest absolute Gasteiger partial charge is 0.323 e. The third-order valence-corrected chi connectivity index (χ3v) is 4.43. The first-order valence-electron chi connectivity index (χ1n) is 8.59. The Morgan fingerprint density at radius 1 is 0.958 bits per heavy atom. The molecular weight excluding hydrogens is 298 g/mol. The molecule has 0 radical (unpaired) electrons. The smallest absolute Gasteiger partial charge is 0.321 e. The number of carbonyl (C=O) groups excluding carboxylic acids is 1. The van der Waals surface area contributed by atoms with Crippen LogP contribution in [-0.2, 0) is 6.54 Å². The lowest BCUT2D eigenvalue weighted by molar-refractivity contribution is 0.211. The summed E-state index contributed by atoms with van der Waals surface area (Å²) in [5.74, 6) is 0. The van der Waals surface area contributed by atoms with Crippen molar-refractivity contribution in [1.29, 1.82) is 0 Å². The van der Waals surface area contributed by atoms with Crippen LogP contribution < -0.4 is 5.32 Å². The number of amides is 2. The molecule has 0 bridgehead atoms. The zero-order valence-electron chi connectivity index (χ0n) is 14.2. The molecule has 0 unspecified atom stereocenters. The minimum Gasteiger partial charge on any atom is -0.323 e. The normalized spacial score (nSPS) is 15.8. The van der Waals surface area contributed by atoms with Crippen LogP contribution in [-0.4, -0.2) is 42.0 Å². The zero-order chi connectivity index (χ0) is 16.8. The molecule has 2 aromatic carbocycles. The Morgan fingerprint density at radius 2 is 1.71 bits per heavy atom. The summed E-state index contributed by atoms with van der Waals surface area (Å²) in [5, 5.41) is 2.98. The highest BCUT2D eigenvalue weighted by molar-refractivity contribution is 5.89. The Morgan fingerprint density at radius 3 is 2.46 bits per heavy atom. The van der Waals surface area contributed by atoms with Crippen molar-refractivity contribution in [3.63, 3.8) is 0 Å². The average molecular weight is 323 g/mol. The summed E-state index contributed by atoms with van der Waals surface area (Å²) in [4.78, 5) is 16.8. The second-order valence-electron chi connectivity index (χ2n) is 6.40. The Balaban J connectivity index is 1.52. The van der Waals surface area contributed by atoms with Gasteiger partial charge in [-0.25, -0.2) is 4.79 Å². The lowest BCUT2D eigenvalue weighted by Crippen LogP contribution is -2.38. The van der Waals surface area contributed by atoms with Crippen molar-refractivity contribution in [1.82, 2.24) is 9.80 Å². The topological polar surface area (TPSA) is 35.6 Å². The highest BCUT2D eigenvalue weighted by Crippen LogP contribution is 2.12. The Hall–Kier alpha value is -2.33. The second-order valence-corrected chi connectivity index (χ2v) is 6.40. The van der Waals surface area contributed by atoms with E-state index >= 15 is 0 Å². The second kappa shape index (κ2) is 7.97.